The summed E-state index contributed by atoms with van der Waals surface area (Å²) in [7, 11) is -3.80. The molecule has 0 fully saturated rings. The van der Waals surface area contributed by atoms with Crippen LogP contribution in [0.25, 0.3) is 4.96 Å². The second-order valence-electron chi connectivity index (χ2n) is 5.89. The number of benzene rings is 1. The first-order valence-electron chi connectivity index (χ1n) is 7.80. The molecule has 0 amide bonds. The highest BCUT2D eigenvalue weighted by atomic mass is 32.2. The number of sulfonamides is 1. The molecule has 3 aromatic rings. The molecule has 0 radical (unpaired) electrons. The van der Waals surface area contributed by atoms with Crippen molar-refractivity contribution < 1.29 is 8.42 Å². The van der Waals surface area contributed by atoms with Gasteiger partial charge in [-0.05, 0) is 30.9 Å². The molecule has 0 atom stereocenters. The maximum atomic E-state index is 13.1. The van der Waals surface area contributed by atoms with E-state index in [1.54, 1.807) is 6.07 Å². The quantitative estimate of drug-likeness (QED) is 0.751. The van der Waals surface area contributed by atoms with Crippen molar-refractivity contribution in [2.75, 3.05) is 4.72 Å². The van der Waals surface area contributed by atoms with Crippen LogP contribution in [0.5, 0.6) is 0 Å². The highest BCUT2D eigenvalue weighted by molar-refractivity contribution is 7.92. The van der Waals surface area contributed by atoms with E-state index in [9.17, 15) is 8.42 Å². The SMILES string of the molecule is CCc1ccccc1NS(=O)(=O)c1c(C(C)C)nc2sc(C)nn12. The molecule has 1 aromatic carbocycles. The number of anilines is 1. The normalized spacial score (nSPS) is 12.2. The molecule has 0 aliphatic heterocycles. The predicted octanol–water partition coefficient (Wildman–Crippen LogP) is 3.59. The molecule has 0 saturated carbocycles. The lowest BCUT2D eigenvalue weighted by Gasteiger charge is -2.12. The van der Waals surface area contributed by atoms with Gasteiger partial charge in [0.1, 0.15) is 5.01 Å². The fourth-order valence-corrected chi connectivity index (χ4v) is 4.89. The van der Waals surface area contributed by atoms with E-state index in [4.69, 9.17) is 0 Å². The zero-order valence-corrected chi connectivity index (χ0v) is 15.7. The van der Waals surface area contributed by atoms with Crippen LogP contribution in [0, 0.1) is 6.92 Å². The Labute approximate surface area is 145 Å². The van der Waals surface area contributed by atoms with Crippen LogP contribution in [-0.4, -0.2) is 23.0 Å². The Morgan fingerprint density at radius 1 is 1.29 bits per heavy atom. The Hall–Kier alpha value is -1.93. The summed E-state index contributed by atoms with van der Waals surface area (Å²) in [5, 5.41) is 5.22. The molecule has 0 spiro atoms. The van der Waals surface area contributed by atoms with Crippen molar-refractivity contribution in [2.24, 2.45) is 0 Å². The summed E-state index contributed by atoms with van der Waals surface area (Å²) in [6.07, 6.45) is 0.743. The molecule has 0 saturated heterocycles. The number of rotatable bonds is 5. The van der Waals surface area contributed by atoms with Gasteiger partial charge in [-0.25, -0.2) is 4.98 Å². The fraction of sp³-hybridized carbons (Fsp3) is 0.375. The maximum absolute atomic E-state index is 13.1. The average Bonchev–Trinajstić information content (AvgIpc) is 3.03. The minimum absolute atomic E-state index is 0.0211. The molecule has 24 heavy (non-hydrogen) atoms. The molecule has 0 aliphatic rings. The van der Waals surface area contributed by atoms with Crippen LogP contribution in [0.3, 0.4) is 0 Å². The Balaban J connectivity index is 2.15. The summed E-state index contributed by atoms with van der Waals surface area (Å²) >= 11 is 1.38. The number of aromatic nitrogens is 3. The predicted molar refractivity (Wildman–Crippen MR) is 96.3 cm³/mol. The Morgan fingerprint density at radius 3 is 2.67 bits per heavy atom. The zero-order valence-electron chi connectivity index (χ0n) is 14.1. The zero-order chi connectivity index (χ0) is 17.5. The highest BCUT2D eigenvalue weighted by Gasteiger charge is 2.29. The van der Waals surface area contributed by atoms with Gasteiger partial charge in [-0.1, -0.05) is 50.3 Å². The van der Waals surface area contributed by atoms with Gasteiger partial charge in [-0.15, -0.1) is 0 Å². The van der Waals surface area contributed by atoms with Crippen LogP contribution in [0.15, 0.2) is 29.3 Å². The molecule has 0 unspecified atom stereocenters. The average molecular weight is 364 g/mol. The Bertz CT molecular complexity index is 987. The fourth-order valence-electron chi connectivity index (χ4n) is 2.59. The lowest BCUT2D eigenvalue weighted by Crippen LogP contribution is -2.18. The first kappa shape index (κ1) is 16.9. The topological polar surface area (TPSA) is 76.4 Å². The number of nitrogens with zero attached hydrogens (tertiary/aromatic N) is 3. The van der Waals surface area contributed by atoms with Crippen molar-refractivity contribution in [3.63, 3.8) is 0 Å². The third-order valence-corrected chi connectivity index (χ3v) is 5.94. The van der Waals surface area contributed by atoms with E-state index >= 15 is 0 Å². The standard InChI is InChI=1S/C16H20N4O2S2/c1-5-12-8-6-7-9-13(12)19-24(21,22)15-14(10(2)3)17-16-20(15)18-11(4)23-16/h6-10,19H,5H2,1-4H3. The van der Waals surface area contributed by atoms with E-state index in [2.05, 4.69) is 14.8 Å². The van der Waals surface area contributed by atoms with Gasteiger partial charge in [0.05, 0.1) is 11.4 Å². The van der Waals surface area contributed by atoms with Gasteiger partial charge in [0.15, 0.2) is 0 Å². The number of hydrogen-bond acceptors (Lipinski definition) is 5. The molecular weight excluding hydrogens is 344 g/mol. The monoisotopic (exact) mass is 364 g/mol. The lowest BCUT2D eigenvalue weighted by atomic mass is 10.1. The van der Waals surface area contributed by atoms with Crippen molar-refractivity contribution in [1.29, 1.82) is 0 Å². The number of imidazole rings is 1. The van der Waals surface area contributed by atoms with Crippen LogP contribution < -0.4 is 4.72 Å². The van der Waals surface area contributed by atoms with Gasteiger partial charge >= 0.3 is 0 Å². The van der Waals surface area contributed by atoms with Gasteiger partial charge in [0, 0.05) is 0 Å². The van der Waals surface area contributed by atoms with Crippen LogP contribution in [0.4, 0.5) is 5.69 Å². The van der Waals surface area contributed by atoms with Crippen LogP contribution in [-0.2, 0) is 16.4 Å². The van der Waals surface area contributed by atoms with Crippen LogP contribution >= 0.6 is 11.3 Å². The highest BCUT2D eigenvalue weighted by Crippen LogP contribution is 2.29. The van der Waals surface area contributed by atoms with E-state index in [-0.39, 0.29) is 10.9 Å². The molecule has 0 bridgehead atoms. The van der Waals surface area contributed by atoms with Gasteiger partial charge in [-0.2, -0.15) is 18.0 Å². The second kappa shape index (κ2) is 6.18. The minimum Gasteiger partial charge on any atom is -0.278 e. The molecule has 3 rings (SSSR count). The summed E-state index contributed by atoms with van der Waals surface area (Å²) in [5.74, 6) is -0.0211. The molecule has 8 heteroatoms. The Kier molecular flexibility index (Phi) is 4.35. The second-order valence-corrected chi connectivity index (χ2v) is 8.65. The van der Waals surface area contributed by atoms with Gasteiger partial charge in [0.2, 0.25) is 9.99 Å². The number of aryl methyl sites for hydroxylation is 2. The molecule has 1 N–H and O–H groups in total. The summed E-state index contributed by atoms with van der Waals surface area (Å²) < 4.78 is 30.3. The lowest BCUT2D eigenvalue weighted by molar-refractivity contribution is 0.589. The largest absolute Gasteiger partial charge is 0.281 e. The summed E-state index contributed by atoms with van der Waals surface area (Å²) in [5.41, 5.74) is 2.08. The van der Waals surface area contributed by atoms with Crippen molar-refractivity contribution in [1.82, 2.24) is 14.6 Å². The third-order valence-electron chi connectivity index (χ3n) is 3.73. The number of para-hydroxylation sites is 1. The van der Waals surface area contributed by atoms with E-state index in [0.29, 0.717) is 16.3 Å². The summed E-state index contributed by atoms with van der Waals surface area (Å²) in [4.78, 5) is 5.08. The van der Waals surface area contributed by atoms with E-state index < -0.39 is 10.0 Å². The number of nitrogens with one attached hydrogen (secondary N) is 1. The molecule has 128 valence electrons. The Morgan fingerprint density at radius 2 is 2.00 bits per heavy atom. The van der Waals surface area contributed by atoms with Gasteiger partial charge in [0.25, 0.3) is 10.0 Å². The van der Waals surface area contributed by atoms with Crippen molar-refractivity contribution in [2.45, 2.75) is 45.1 Å². The first-order chi connectivity index (χ1) is 11.3. The molecule has 6 nitrogen and oxygen atoms in total. The summed E-state index contributed by atoms with van der Waals surface area (Å²) in [6, 6.07) is 7.41. The molecular formula is C16H20N4O2S2. The smallest absolute Gasteiger partial charge is 0.278 e. The third kappa shape index (κ3) is 2.91. The van der Waals surface area contributed by atoms with E-state index in [1.807, 2.05) is 45.9 Å². The minimum atomic E-state index is -3.80. The van der Waals surface area contributed by atoms with Crippen LogP contribution in [0.2, 0.25) is 0 Å². The van der Waals surface area contributed by atoms with Gasteiger partial charge < -0.3 is 0 Å². The van der Waals surface area contributed by atoms with E-state index in [1.165, 1.54) is 15.9 Å². The maximum Gasteiger partial charge on any atom is 0.281 e. The molecule has 0 aliphatic carbocycles. The summed E-state index contributed by atoms with van der Waals surface area (Å²) in [6.45, 7) is 7.69. The van der Waals surface area contributed by atoms with E-state index in [0.717, 1.165) is 17.0 Å². The number of fused-ring (bicyclic) bond motifs is 1. The van der Waals surface area contributed by atoms with Crippen molar-refractivity contribution >= 4 is 32.0 Å². The van der Waals surface area contributed by atoms with Crippen LogP contribution in [0.1, 0.15) is 43.0 Å². The van der Waals surface area contributed by atoms with Crippen molar-refractivity contribution in [3.05, 3.63) is 40.5 Å². The number of hydrogen-bond donors (Lipinski definition) is 1. The molecule has 2 aromatic heterocycles. The first-order valence-corrected chi connectivity index (χ1v) is 10.1. The van der Waals surface area contributed by atoms with Crippen molar-refractivity contribution in [3.8, 4) is 0 Å². The van der Waals surface area contributed by atoms with Gasteiger partial charge in [-0.3, -0.25) is 4.72 Å². The molecule has 2 heterocycles.